The highest BCUT2D eigenvalue weighted by Crippen LogP contribution is 2.51. The first kappa shape index (κ1) is 20.9. The van der Waals surface area contributed by atoms with E-state index in [0.717, 1.165) is 0 Å². The number of Topliss-reactive ketones (excluding diaryl/α,β-unsaturated/α-hetero) is 1. The van der Waals surface area contributed by atoms with Gasteiger partial charge >= 0.3 is 0 Å². The van der Waals surface area contributed by atoms with Crippen LogP contribution in [0.25, 0.3) is 0 Å². The number of para-hydroxylation sites is 1. The quantitative estimate of drug-likeness (QED) is 0.596. The summed E-state index contributed by atoms with van der Waals surface area (Å²) in [5.41, 5.74) is 1.75. The van der Waals surface area contributed by atoms with Crippen LogP contribution in [-0.4, -0.2) is 22.5 Å². The molecule has 4 rings (SSSR count). The molecule has 0 bridgehead atoms. The number of hydrogen-bond acceptors (Lipinski definition) is 4. The first-order valence-electron chi connectivity index (χ1n) is 9.76. The lowest BCUT2D eigenvalue weighted by molar-refractivity contribution is -0.124. The van der Waals surface area contributed by atoms with Crippen LogP contribution in [0.15, 0.2) is 41.4 Å². The number of benzene rings is 2. The van der Waals surface area contributed by atoms with Gasteiger partial charge in [-0.05, 0) is 41.7 Å². The highest BCUT2D eigenvalue weighted by molar-refractivity contribution is 6.35. The molecule has 1 saturated carbocycles. The molecule has 2 aliphatic rings. The van der Waals surface area contributed by atoms with Gasteiger partial charge in [0.2, 0.25) is 5.91 Å². The molecule has 2 aromatic rings. The van der Waals surface area contributed by atoms with Gasteiger partial charge in [-0.25, -0.2) is 0 Å². The molecule has 7 heteroatoms. The number of nitrogens with zero attached hydrogens (tertiary/aromatic N) is 2. The van der Waals surface area contributed by atoms with Gasteiger partial charge in [0.25, 0.3) is 0 Å². The maximum absolute atomic E-state index is 13.4. The molecule has 5 nitrogen and oxygen atoms in total. The number of fused-ring (bicyclic) bond motifs is 2. The van der Waals surface area contributed by atoms with E-state index in [1.165, 1.54) is 17.9 Å². The van der Waals surface area contributed by atoms with Crippen molar-refractivity contribution in [3.63, 3.8) is 0 Å². The maximum Gasteiger partial charge on any atom is 0.224 e. The second-order valence-corrected chi connectivity index (χ2v) is 9.55. The second-order valence-electron chi connectivity index (χ2n) is 8.71. The van der Waals surface area contributed by atoms with Crippen molar-refractivity contribution in [2.45, 2.75) is 39.7 Å². The number of phenolic OH excluding ortho intramolecular Hbond substituents is 1. The minimum atomic E-state index is -0.683. The minimum absolute atomic E-state index is 0.000405. The molecule has 1 fully saturated rings. The van der Waals surface area contributed by atoms with Gasteiger partial charge in [-0.15, -0.1) is 0 Å². The number of anilines is 1. The largest absolute Gasteiger partial charge is 0.506 e. The Morgan fingerprint density at radius 2 is 1.93 bits per heavy atom. The average Bonchev–Trinajstić information content (AvgIpc) is 2.76. The van der Waals surface area contributed by atoms with Crippen molar-refractivity contribution >= 4 is 52.0 Å². The molecule has 2 atom stereocenters. The Morgan fingerprint density at radius 3 is 2.60 bits per heavy atom. The Labute approximate surface area is 185 Å². The lowest BCUT2D eigenvalue weighted by Gasteiger charge is -2.40. The number of phenols is 1. The fourth-order valence-corrected chi connectivity index (χ4v) is 5.11. The summed E-state index contributed by atoms with van der Waals surface area (Å²) in [5, 5.41) is 11.4. The van der Waals surface area contributed by atoms with Crippen LogP contribution in [0.1, 0.15) is 45.2 Å². The molecule has 0 aromatic heterocycles. The van der Waals surface area contributed by atoms with Gasteiger partial charge in [-0.2, -0.15) is 0 Å². The minimum Gasteiger partial charge on any atom is -0.506 e. The number of aliphatic imine (C=N–C) groups is 1. The van der Waals surface area contributed by atoms with Gasteiger partial charge in [0.05, 0.1) is 17.6 Å². The maximum atomic E-state index is 13.4. The molecule has 1 heterocycles. The zero-order chi connectivity index (χ0) is 21.8. The Bertz CT molecular complexity index is 1090. The number of aromatic hydroxyl groups is 1. The first-order chi connectivity index (χ1) is 14.1. The summed E-state index contributed by atoms with van der Waals surface area (Å²) in [6.07, 6.45) is 0.942. The molecule has 1 aliphatic carbocycles. The highest BCUT2D eigenvalue weighted by atomic mass is 35.5. The molecule has 2 aromatic carbocycles. The van der Waals surface area contributed by atoms with Gasteiger partial charge < -0.3 is 10.0 Å². The summed E-state index contributed by atoms with van der Waals surface area (Å²) in [6.45, 7) is 5.48. The van der Waals surface area contributed by atoms with E-state index in [4.69, 9.17) is 28.2 Å². The van der Waals surface area contributed by atoms with Crippen molar-refractivity contribution in [3.8, 4) is 5.75 Å². The Kier molecular flexibility index (Phi) is 5.15. The van der Waals surface area contributed by atoms with Crippen molar-refractivity contribution in [3.05, 3.63) is 52.0 Å². The van der Waals surface area contributed by atoms with E-state index in [9.17, 15) is 14.7 Å². The molecule has 1 N–H and O–H groups in total. The summed E-state index contributed by atoms with van der Waals surface area (Å²) in [6, 6.07) is 9.29. The molecule has 0 saturated heterocycles. The molecular weight excluding hydrogens is 423 g/mol. The highest BCUT2D eigenvalue weighted by Gasteiger charge is 2.48. The van der Waals surface area contributed by atoms with Crippen molar-refractivity contribution in [1.82, 2.24) is 0 Å². The Balaban J connectivity index is 2.04. The lowest BCUT2D eigenvalue weighted by atomic mass is 9.68. The van der Waals surface area contributed by atoms with Crippen LogP contribution in [0.4, 0.5) is 11.4 Å². The van der Waals surface area contributed by atoms with Gasteiger partial charge in [0.15, 0.2) is 0 Å². The number of carbonyl (C=O) groups is 2. The Hall–Kier alpha value is -2.37. The predicted octanol–water partition coefficient (Wildman–Crippen LogP) is 5.88. The first-order valence-corrected chi connectivity index (χ1v) is 10.5. The Morgan fingerprint density at radius 1 is 1.20 bits per heavy atom. The van der Waals surface area contributed by atoms with Crippen LogP contribution >= 0.6 is 23.2 Å². The van der Waals surface area contributed by atoms with Gasteiger partial charge in [0, 0.05) is 29.1 Å². The van der Waals surface area contributed by atoms with Crippen molar-refractivity contribution in [2.75, 3.05) is 4.90 Å². The summed E-state index contributed by atoms with van der Waals surface area (Å²) in [5.74, 6) is -0.970. The van der Waals surface area contributed by atoms with Crippen molar-refractivity contribution in [1.29, 1.82) is 0 Å². The van der Waals surface area contributed by atoms with E-state index in [1.807, 2.05) is 13.8 Å². The van der Waals surface area contributed by atoms with E-state index >= 15 is 0 Å². The third kappa shape index (κ3) is 3.50. The van der Waals surface area contributed by atoms with Gasteiger partial charge in [-0.3, -0.25) is 14.6 Å². The zero-order valence-corrected chi connectivity index (χ0v) is 18.5. The second kappa shape index (κ2) is 7.40. The molecular formula is C23H22Cl2N2O3. The molecule has 0 radical (unpaired) electrons. The van der Waals surface area contributed by atoms with E-state index in [-0.39, 0.29) is 22.9 Å². The number of amides is 1. The van der Waals surface area contributed by atoms with E-state index in [2.05, 4.69) is 0 Å². The van der Waals surface area contributed by atoms with E-state index < -0.39 is 12.0 Å². The molecule has 30 heavy (non-hydrogen) atoms. The number of carbonyl (C=O) groups excluding carboxylic acids is 2. The molecule has 1 aliphatic heterocycles. The smallest absolute Gasteiger partial charge is 0.224 e. The third-order valence-corrected chi connectivity index (χ3v) is 6.30. The molecule has 1 unspecified atom stereocenters. The fourth-order valence-electron chi connectivity index (χ4n) is 4.59. The topological polar surface area (TPSA) is 70.0 Å². The summed E-state index contributed by atoms with van der Waals surface area (Å²) in [7, 11) is 0. The average molecular weight is 445 g/mol. The molecule has 1 amide bonds. The summed E-state index contributed by atoms with van der Waals surface area (Å²) < 4.78 is 0. The van der Waals surface area contributed by atoms with Crippen molar-refractivity contribution in [2.24, 2.45) is 16.3 Å². The lowest BCUT2D eigenvalue weighted by Crippen LogP contribution is -2.47. The number of rotatable bonds is 1. The SMILES string of the molecule is CC(=O)N1c2cccc(O)c2N=C2CC(C)(C)CC(=O)C2[C@@H]1c1ccc(Cl)cc1Cl. The van der Waals surface area contributed by atoms with Crippen LogP contribution in [-0.2, 0) is 9.59 Å². The summed E-state index contributed by atoms with van der Waals surface area (Å²) in [4.78, 5) is 32.6. The molecule has 0 spiro atoms. The molecule has 156 valence electrons. The van der Waals surface area contributed by atoms with E-state index in [0.29, 0.717) is 45.5 Å². The van der Waals surface area contributed by atoms with Crippen LogP contribution in [0.2, 0.25) is 10.0 Å². The predicted molar refractivity (Wildman–Crippen MR) is 119 cm³/mol. The van der Waals surface area contributed by atoms with Crippen LogP contribution in [0.3, 0.4) is 0 Å². The monoisotopic (exact) mass is 444 g/mol. The van der Waals surface area contributed by atoms with Crippen molar-refractivity contribution < 1.29 is 14.7 Å². The van der Waals surface area contributed by atoms with Gasteiger partial charge in [-0.1, -0.05) is 49.2 Å². The zero-order valence-electron chi connectivity index (χ0n) is 16.9. The van der Waals surface area contributed by atoms with Crippen LogP contribution in [0.5, 0.6) is 5.75 Å². The summed E-state index contributed by atoms with van der Waals surface area (Å²) >= 11 is 12.7. The standard InChI is InChI=1S/C23H22Cl2N2O3/c1-12(28)27-17-5-4-6-18(29)21(17)26-16-10-23(2,3)11-19(30)20(16)22(27)14-8-7-13(24)9-15(14)25/h4-9,20,22,29H,10-11H2,1-3H3/t20?,22-/m0/s1. The third-order valence-electron chi connectivity index (χ3n) is 5.74. The van der Waals surface area contributed by atoms with Crippen LogP contribution < -0.4 is 4.90 Å². The number of ketones is 1. The number of halogens is 2. The normalized spacial score (nSPS) is 22.6. The van der Waals surface area contributed by atoms with Crippen LogP contribution in [0, 0.1) is 11.3 Å². The fraction of sp³-hybridized carbons (Fsp3) is 0.348. The van der Waals surface area contributed by atoms with Gasteiger partial charge in [0.1, 0.15) is 17.2 Å². The van der Waals surface area contributed by atoms with E-state index in [1.54, 1.807) is 30.3 Å². The number of hydrogen-bond donors (Lipinski definition) is 1.